The summed E-state index contributed by atoms with van der Waals surface area (Å²) in [6.07, 6.45) is 11.1. The van der Waals surface area contributed by atoms with E-state index in [-0.39, 0.29) is 13.0 Å². The van der Waals surface area contributed by atoms with E-state index in [0.717, 1.165) is 72.8 Å². The summed E-state index contributed by atoms with van der Waals surface area (Å²) in [4.78, 5) is 35.2. The van der Waals surface area contributed by atoms with Gasteiger partial charge in [0.1, 0.15) is 18.7 Å². The van der Waals surface area contributed by atoms with Gasteiger partial charge in [0.15, 0.2) is 5.82 Å². The molecule has 1 aliphatic heterocycles. The van der Waals surface area contributed by atoms with Crippen molar-refractivity contribution in [1.82, 2.24) is 24.9 Å². The van der Waals surface area contributed by atoms with Crippen molar-refractivity contribution in [2.24, 2.45) is 0 Å². The molecule has 0 saturated carbocycles. The molecule has 0 unspecified atom stereocenters. The molecule has 9 nitrogen and oxygen atoms in total. The molecule has 6 aromatic rings. The molecule has 0 radical (unpaired) electrons. The van der Waals surface area contributed by atoms with Gasteiger partial charge in [-0.2, -0.15) is 0 Å². The van der Waals surface area contributed by atoms with Crippen LogP contribution >= 0.6 is 0 Å². The van der Waals surface area contributed by atoms with Crippen LogP contribution in [0.25, 0.3) is 55.3 Å². The fraction of sp³-hybridized carbons (Fsp3) is 0.222. The lowest BCUT2D eigenvalue weighted by atomic mass is 9.86. The van der Waals surface area contributed by atoms with Gasteiger partial charge in [-0.15, -0.1) is 0 Å². The number of pyridine rings is 1. The summed E-state index contributed by atoms with van der Waals surface area (Å²) in [5, 5.41) is 13.1. The second-order valence-electron chi connectivity index (χ2n) is 12.0. The average Bonchev–Trinajstić information content (AvgIpc) is 3.05. The summed E-state index contributed by atoms with van der Waals surface area (Å²) < 4.78 is 11.5. The van der Waals surface area contributed by atoms with Crippen LogP contribution in [0.3, 0.4) is 0 Å². The van der Waals surface area contributed by atoms with Crippen molar-refractivity contribution in [3.05, 3.63) is 96.5 Å². The first-order valence-electron chi connectivity index (χ1n) is 14.8. The second-order valence-corrected chi connectivity index (χ2v) is 12.0. The number of fused-ring (bicyclic) bond motifs is 1. The highest BCUT2D eigenvalue weighted by atomic mass is 16.5. The highest BCUT2D eigenvalue weighted by molar-refractivity contribution is 6.09. The molecule has 1 aliphatic rings. The topological polar surface area (TPSA) is 120 Å². The van der Waals surface area contributed by atoms with Crippen LogP contribution in [0.4, 0.5) is 0 Å². The average molecular weight is 598 g/mol. The van der Waals surface area contributed by atoms with Gasteiger partial charge in [-0.05, 0) is 83.6 Å². The predicted octanol–water partition coefficient (Wildman–Crippen LogP) is 6.07. The Morgan fingerprint density at radius 3 is 2.53 bits per heavy atom. The van der Waals surface area contributed by atoms with E-state index in [1.807, 2.05) is 37.4 Å². The van der Waals surface area contributed by atoms with Gasteiger partial charge in [-0.1, -0.05) is 18.2 Å². The smallest absolute Gasteiger partial charge is 0.310 e. The number of nitrogens with zero attached hydrogens (tertiary/aromatic N) is 5. The van der Waals surface area contributed by atoms with Crippen molar-refractivity contribution in [3.8, 4) is 39.4 Å². The molecule has 0 bridgehead atoms. The van der Waals surface area contributed by atoms with Crippen LogP contribution in [0.15, 0.2) is 79.8 Å². The molecule has 3 aromatic carbocycles. The zero-order valence-electron chi connectivity index (χ0n) is 25.2. The van der Waals surface area contributed by atoms with Crippen molar-refractivity contribution >= 4 is 27.6 Å². The number of hydrogen-bond acceptors (Lipinski definition) is 9. The Hall–Kier alpha value is -5.28. The normalized spacial score (nSPS) is 12.7. The number of aromatic nitrogens is 5. The first kappa shape index (κ1) is 28.5. The molecule has 9 heteroatoms. The Kier molecular flexibility index (Phi) is 7.17. The highest BCUT2D eigenvalue weighted by Crippen LogP contribution is 2.43. The molecule has 0 fully saturated rings. The molecular weight excluding hydrogens is 566 g/mol. The number of rotatable bonds is 7. The quantitative estimate of drug-likeness (QED) is 0.219. The Morgan fingerprint density at radius 1 is 0.956 bits per heavy atom. The molecule has 0 aliphatic carbocycles. The molecular formula is C36H31N5O4. The lowest BCUT2D eigenvalue weighted by Gasteiger charge is -2.22. The van der Waals surface area contributed by atoms with Gasteiger partial charge < -0.3 is 14.6 Å². The van der Waals surface area contributed by atoms with Gasteiger partial charge in [0.2, 0.25) is 0 Å². The number of aliphatic hydroxyl groups is 1. The SMILES string of the molecule is Cc1cc2cc(-c3cnc(-c4cncnc4)nc3)ccc2c(-c2ccc3c4c(ccnc24)CCO3)c1CC(=O)OCC(C)(C)O. The maximum Gasteiger partial charge on any atom is 0.310 e. The number of aryl methyl sites for hydroxylation is 1. The molecule has 1 N–H and O–H groups in total. The third-order valence-corrected chi connectivity index (χ3v) is 8.02. The van der Waals surface area contributed by atoms with Crippen LogP contribution in [0.5, 0.6) is 5.75 Å². The predicted molar refractivity (Wildman–Crippen MR) is 172 cm³/mol. The fourth-order valence-electron chi connectivity index (χ4n) is 5.90. The van der Waals surface area contributed by atoms with Crippen molar-refractivity contribution in [3.63, 3.8) is 0 Å². The van der Waals surface area contributed by atoms with E-state index in [0.29, 0.717) is 12.4 Å². The van der Waals surface area contributed by atoms with Gasteiger partial charge in [-0.3, -0.25) is 9.78 Å². The lowest BCUT2D eigenvalue weighted by Crippen LogP contribution is -2.28. The van der Waals surface area contributed by atoms with Gasteiger partial charge in [-0.25, -0.2) is 19.9 Å². The summed E-state index contributed by atoms with van der Waals surface area (Å²) in [5.41, 5.74) is 7.14. The largest absolute Gasteiger partial charge is 0.493 e. The zero-order valence-corrected chi connectivity index (χ0v) is 25.2. The van der Waals surface area contributed by atoms with E-state index in [4.69, 9.17) is 14.5 Å². The number of carbonyl (C=O) groups is 1. The lowest BCUT2D eigenvalue weighted by molar-refractivity contribution is -0.149. The molecule has 45 heavy (non-hydrogen) atoms. The van der Waals surface area contributed by atoms with Gasteiger partial charge in [0.05, 0.1) is 29.7 Å². The summed E-state index contributed by atoms with van der Waals surface area (Å²) in [6, 6.07) is 14.4. The minimum atomic E-state index is -1.12. The Morgan fingerprint density at radius 2 is 1.76 bits per heavy atom. The standard InChI is InChI=1S/C36H31N5O4/c1-21-12-24-13-23(25-17-40-35(41-18-25)26-15-37-20-38-16-26)4-5-27(24)33(29(21)14-31(42)45-19-36(2,3)43)28-6-7-30-32-22(9-11-44-30)8-10-39-34(28)32/h4-8,10,12-13,15-18,20,43H,9,11,14,19H2,1-3H3. The van der Waals surface area contributed by atoms with Crippen LogP contribution in [-0.2, 0) is 22.4 Å². The summed E-state index contributed by atoms with van der Waals surface area (Å²) in [6.45, 7) is 5.78. The fourth-order valence-corrected chi connectivity index (χ4v) is 5.90. The third kappa shape index (κ3) is 5.58. The molecule has 0 amide bonds. The molecule has 3 aromatic heterocycles. The number of ether oxygens (including phenoxy) is 2. The van der Waals surface area contributed by atoms with Crippen LogP contribution < -0.4 is 4.74 Å². The van der Waals surface area contributed by atoms with Crippen molar-refractivity contribution in [2.45, 2.75) is 39.2 Å². The van der Waals surface area contributed by atoms with E-state index < -0.39 is 11.6 Å². The summed E-state index contributed by atoms with van der Waals surface area (Å²) >= 11 is 0. The minimum Gasteiger partial charge on any atom is -0.493 e. The first-order chi connectivity index (χ1) is 21.7. The van der Waals surface area contributed by atoms with Crippen molar-refractivity contribution in [2.75, 3.05) is 13.2 Å². The number of hydrogen-bond donors (Lipinski definition) is 1. The van der Waals surface area contributed by atoms with Crippen LogP contribution in [0.2, 0.25) is 0 Å². The highest BCUT2D eigenvalue weighted by Gasteiger charge is 2.24. The number of carbonyl (C=O) groups excluding carboxylic acids is 1. The van der Waals surface area contributed by atoms with Crippen LogP contribution in [0.1, 0.15) is 30.5 Å². The van der Waals surface area contributed by atoms with Crippen molar-refractivity contribution < 1.29 is 19.4 Å². The third-order valence-electron chi connectivity index (χ3n) is 8.02. The van der Waals surface area contributed by atoms with E-state index >= 15 is 0 Å². The van der Waals surface area contributed by atoms with E-state index in [1.54, 1.807) is 38.6 Å². The second kappa shape index (κ2) is 11.3. The first-order valence-corrected chi connectivity index (χ1v) is 14.8. The summed E-state index contributed by atoms with van der Waals surface area (Å²) in [5.74, 6) is 0.968. The number of esters is 1. The Labute approximate surface area is 260 Å². The monoisotopic (exact) mass is 597 g/mol. The van der Waals surface area contributed by atoms with Gasteiger partial charge >= 0.3 is 5.97 Å². The summed E-state index contributed by atoms with van der Waals surface area (Å²) in [7, 11) is 0. The molecule has 4 heterocycles. The van der Waals surface area contributed by atoms with E-state index in [1.165, 1.54) is 11.9 Å². The molecule has 7 rings (SSSR count). The van der Waals surface area contributed by atoms with E-state index in [9.17, 15) is 9.90 Å². The molecule has 0 saturated heterocycles. The van der Waals surface area contributed by atoms with Gasteiger partial charge in [0, 0.05) is 53.9 Å². The Balaban J connectivity index is 1.37. The molecule has 224 valence electrons. The maximum absolute atomic E-state index is 13.1. The zero-order chi connectivity index (χ0) is 31.1. The van der Waals surface area contributed by atoms with Gasteiger partial charge in [0.25, 0.3) is 0 Å². The van der Waals surface area contributed by atoms with Crippen LogP contribution in [0, 0.1) is 6.92 Å². The Bertz CT molecular complexity index is 2060. The van der Waals surface area contributed by atoms with Crippen LogP contribution in [-0.4, -0.2) is 54.8 Å². The maximum atomic E-state index is 13.1. The van der Waals surface area contributed by atoms with Crippen molar-refractivity contribution in [1.29, 1.82) is 0 Å². The number of benzene rings is 3. The minimum absolute atomic E-state index is 0.0485. The van der Waals surface area contributed by atoms with E-state index in [2.05, 4.69) is 38.1 Å². The molecule has 0 spiro atoms. The molecule has 0 atom stereocenters.